The fourth-order valence-corrected chi connectivity index (χ4v) is 0.554. The van der Waals surface area contributed by atoms with Crippen molar-refractivity contribution in [2.45, 2.75) is 12.6 Å². The van der Waals surface area contributed by atoms with Crippen LogP contribution in [-0.2, 0) is 9.78 Å². The predicted octanol–water partition coefficient (Wildman–Crippen LogP) is 1.24. The fraction of sp³-hybridized carbons (Fsp3) is 1.00. The van der Waals surface area contributed by atoms with Crippen LogP contribution in [-0.4, -0.2) is 11.8 Å². The smallest absolute Gasteiger partial charge is 0.199 e. The Balaban J connectivity index is 1.97. The first-order valence-electron chi connectivity index (χ1n) is 1.89. The molecule has 0 bridgehead atoms. The van der Waals surface area contributed by atoms with Crippen molar-refractivity contribution in [1.29, 1.82) is 0 Å². The van der Waals surface area contributed by atoms with Crippen molar-refractivity contribution in [3.8, 4) is 0 Å². The normalized spacial score (nSPS) is 19.7. The minimum atomic E-state index is -0.368. The van der Waals surface area contributed by atoms with Crippen molar-refractivity contribution in [2.75, 3.05) is 0 Å². The van der Waals surface area contributed by atoms with Crippen molar-refractivity contribution in [2.24, 2.45) is 0 Å². The van der Waals surface area contributed by atoms with Gasteiger partial charge in [0.2, 0.25) is 6.29 Å². The summed E-state index contributed by atoms with van der Waals surface area (Å²) < 4.78 is 0. The van der Waals surface area contributed by atoms with Gasteiger partial charge in [-0.15, -0.1) is 0 Å². The van der Waals surface area contributed by atoms with E-state index in [1.807, 2.05) is 0 Å². The van der Waals surface area contributed by atoms with Crippen LogP contribution in [0.5, 0.6) is 0 Å². The van der Waals surface area contributed by atoms with E-state index < -0.39 is 0 Å². The molecule has 40 valence electrons. The molecule has 1 rings (SSSR count). The molecule has 1 heterocycles. The van der Waals surface area contributed by atoms with Gasteiger partial charge in [0.15, 0.2) is 0 Å². The minimum Gasteiger partial charge on any atom is -0.199 e. The first-order chi connectivity index (χ1) is 3.29. The zero-order chi connectivity index (χ0) is 5.28. The van der Waals surface area contributed by atoms with Crippen molar-refractivity contribution >= 4 is 28.5 Å². The summed E-state index contributed by atoms with van der Waals surface area (Å²) in [5.41, 5.74) is -0.368. The average molecular weight is 141 g/mol. The number of halogens is 2. The van der Waals surface area contributed by atoms with Gasteiger partial charge in [0.25, 0.3) is 0 Å². The van der Waals surface area contributed by atoms with Gasteiger partial charge in [-0.05, 0) is 0 Å². The standard InChI is InChI=1S/C2H3BCl2O2/c4-3(5)1-2-6-7-2/h2H,1H2. The van der Waals surface area contributed by atoms with Crippen LogP contribution in [0.4, 0.5) is 0 Å². The molecule has 1 aliphatic heterocycles. The van der Waals surface area contributed by atoms with Crippen LogP contribution < -0.4 is 0 Å². The topological polar surface area (TPSA) is 25.1 Å². The first kappa shape index (κ1) is 5.70. The molecule has 0 aliphatic carbocycles. The molecule has 0 saturated carbocycles. The molecule has 5 heteroatoms. The molecule has 0 amide bonds. The summed E-state index contributed by atoms with van der Waals surface area (Å²) in [6, 6.07) is 0. The lowest BCUT2D eigenvalue weighted by Gasteiger charge is -1.82. The minimum absolute atomic E-state index is 0.139. The maximum atomic E-state index is 5.32. The molecule has 0 radical (unpaired) electrons. The highest BCUT2D eigenvalue weighted by molar-refractivity contribution is 7.33. The third-order valence-electron chi connectivity index (χ3n) is 0.603. The van der Waals surface area contributed by atoms with E-state index in [4.69, 9.17) is 22.9 Å². The summed E-state index contributed by atoms with van der Waals surface area (Å²) >= 11 is 10.6. The first-order valence-corrected chi connectivity index (χ1v) is 2.76. The third kappa shape index (κ3) is 2.39. The highest BCUT2D eigenvalue weighted by Gasteiger charge is 2.29. The number of hydrogen-bond acceptors (Lipinski definition) is 2. The second kappa shape index (κ2) is 2.22. The van der Waals surface area contributed by atoms with Gasteiger partial charge in [0.05, 0.1) is 0 Å². The molecule has 0 aromatic heterocycles. The molecule has 1 saturated heterocycles. The summed E-state index contributed by atoms with van der Waals surface area (Å²) in [6.07, 6.45) is 0.420. The van der Waals surface area contributed by atoms with E-state index in [1.165, 1.54) is 0 Å². The Labute approximate surface area is 51.5 Å². The van der Waals surface area contributed by atoms with Gasteiger partial charge >= 0.3 is 5.54 Å². The van der Waals surface area contributed by atoms with Crippen LogP contribution >= 0.6 is 22.9 Å². The van der Waals surface area contributed by atoms with E-state index >= 15 is 0 Å². The van der Waals surface area contributed by atoms with Gasteiger partial charge in [-0.2, -0.15) is 32.7 Å². The largest absolute Gasteiger partial charge is 0.356 e. The van der Waals surface area contributed by atoms with E-state index in [0.717, 1.165) is 0 Å². The van der Waals surface area contributed by atoms with E-state index in [-0.39, 0.29) is 11.8 Å². The highest BCUT2D eigenvalue weighted by Crippen LogP contribution is 2.21. The molecule has 7 heavy (non-hydrogen) atoms. The maximum Gasteiger partial charge on any atom is 0.356 e. The third-order valence-corrected chi connectivity index (χ3v) is 0.959. The average Bonchev–Trinajstić information content (AvgIpc) is 2.17. The lowest BCUT2D eigenvalue weighted by Crippen LogP contribution is -1.95. The molecular weight excluding hydrogens is 138 g/mol. The Kier molecular flexibility index (Phi) is 1.81. The van der Waals surface area contributed by atoms with Crippen molar-refractivity contribution in [1.82, 2.24) is 0 Å². The van der Waals surface area contributed by atoms with Gasteiger partial charge < -0.3 is 0 Å². The lowest BCUT2D eigenvalue weighted by molar-refractivity contribution is 0.0850. The summed E-state index contributed by atoms with van der Waals surface area (Å²) in [4.78, 5) is 8.70. The molecule has 0 spiro atoms. The molecule has 0 unspecified atom stereocenters. The zero-order valence-electron chi connectivity index (χ0n) is 3.43. The van der Waals surface area contributed by atoms with Crippen molar-refractivity contribution < 1.29 is 9.78 Å². The summed E-state index contributed by atoms with van der Waals surface area (Å²) in [7, 11) is 0. The van der Waals surface area contributed by atoms with Crippen LogP contribution in [0.15, 0.2) is 0 Å². The fourth-order valence-electron chi connectivity index (χ4n) is 0.263. The van der Waals surface area contributed by atoms with E-state index in [1.54, 1.807) is 0 Å². The van der Waals surface area contributed by atoms with E-state index in [9.17, 15) is 0 Å². The zero-order valence-corrected chi connectivity index (χ0v) is 4.95. The molecule has 2 nitrogen and oxygen atoms in total. The molecule has 1 aliphatic rings. The molecule has 1 fully saturated rings. The molecule has 0 aromatic carbocycles. The van der Waals surface area contributed by atoms with Gasteiger partial charge in [0.1, 0.15) is 0 Å². The highest BCUT2D eigenvalue weighted by atomic mass is 35.5. The van der Waals surface area contributed by atoms with E-state index in [2.05, 4.69) is 9.78 Å². The van der Waals surface area contributed by atoms with Gasteiger partial charge in [-0.3, -0.25) is 0 Å². The Morgan fingerprint density at radius 3 is 2.14 bits per heavy atom. The summed E-state index contributed by atoms with van der Waals surface area (Å²) in [5.74, 6) is 0. The molecular formula is C2H3BCl2O2. The van der Waals surface area contributed by atoms with Crippen LogP contribution in [0, 0.1) is 0 Å². The van der Waals surface area contributed by atoms with E-state index in [0.29, 0.717) is 6.32 Å². The van der Waals surface area contributed by atoms with Crippen LogP contribution in [0.25, 0.3) is 0 Å². The van der Waals surface area contributed by atoms with Crippen LogP contribution in [0.3, 0.4) is 0 Å². The Hall–Kier alpha value is 0.565. The van der Waals surface area contributed by atoms with Crippen LogP contribution in [0.2, 0.25) is 6.32 Å². The molecule has 0 aromatic rings. The lowest BCUT2D eigenvalue weighted by atomic mass is 10.0. The molecule has 0 atom stereocenters. The Morgan fingerprint density at radius 1 is 1.43 bits per heavy atom. The Morgan fingerprint density at radius 2 is 2.00 bits per heavy atom. The summed E-state index contributed by atoms with van der Waals surface area (Å²) in [5, 5.41) is 0. The van der Waals surface area contributed by atoms with Gasteiger partial charge in [-0.1, -0.05) is 0 Å². The maximum absolute atomic E-state index is 5.32. The monoisotopic (exact) mass is 140 g/mol. The van der Waals surface area contributed by atoms with Gasteiger partial charge in [0, 0.05) is 6.32 Å². The second-order valence-corrected chi connectivity index (χ2v) is 2.53. The quantitative estimate of drug-likeness (QED) is 0.328. The van der Waals surface area contributed by atoms with Crippen LogP contribution in [0.1, 0.15) is 0 Å². The van der Waals surface area contributed by atoms with Crippen molar-refractivity contribution in [3.05, 3.63) is 0 Å². The SMILES string of the molecule is ClB(Cl)CC1OO1. The second-order valence-electron chi connectivity index (χ2n) is 1.25. The number of rotatable bonds is 2. The van der Waals surface area contributed by atoms with Gasteiger partial charge in [-0.25, -0.2) is 0 Å². The predicted molar refractivity (Wildman–Crippen MR) is 28.2 cm³/mol. The number of hydrogen-bond donors (Lipinski definition) is 0. The molecule has 0 N–H and O–H groups in total. The van der Waals surface area contributed by atoms with Crippen molar-refractivity contribution in [3.63, 3.8) is 0 Å². The Bertz CT molecular complexity index is 64.7. The summed E-state index contributed by atoms with van der Waals surface area (Å²) in [6.45, 7) is 0.